The zero-order valence-electron chi connectivity index (χ0n) is 12.1. The van der Waals surface area contributed by atoms with Gasteiger partial charge in [-0.3, -0.25) is 4.98 Å². The van der Waals surface area contributed by atoms with E-state index in [-0.39, 0.29) is 0 Å². The number of pyridine rings is 1. The zero-order chi connectivity index (χ0) is 13.8. The lowest BCUT2D eigenvalue weighted by molar-refractivity contribution is 0.798. The molecule has 1 N–H and O–H groups in total. The standard InChI is InChI=1S/C15H21N3S/c1-5-6-13-14(9-16-4)19-15(18-13)12-7-10(2)17-11(3)8-12/h7-8,16H,5-6,9H2,1-4H3. The van der Waals surface area contributed by atoms with Gasteiger partial charge in [0.25, 0.3) is 0 Å². The minimum Gasteiger partial charge on any atom is -0.315 e. The van der Waals surface area contributed by atoms with Crippen LogP contribution in [0.5, 0.6) is 0 Å². The van der Waals surface area contributed by atoms with E-state index in [9.17, 15) is 0 Å². The van der Waals surface area contributed by atoms with Crippen molar-refractivity contribution in [3.8, 4) is 10.6 Å². The summed E-state index contributed by atoms with van der Waals surface area (Å²) in [6.07, 6.45) is 2.19. The molecule has 2 rings (SSSR count). The van der Waals surface area contributed by atoms with Gasteiger partial charge in [0, 0.05) is 28.4 Å². The van der Waals surface area contributed by atoms with Crippen molar-refractivity contribution >= 4 is 11.3 Å². The van der Waals surface area contributed by atoms with Crippen molar-refractivity contribution in [2.24, 2.45) is 0 Å². The number of hydrogen-bond acceptors (Lipinski definition) is 4. The number of hydrogen-bond donors (Lipinski definition) is 1. The molecule has 0 aliphatic carbocycles. The molecule has 0 spiro atoms. The highest BCUT2D eigenvalue weighted by Crippen LogP contribution is 2.29. The normalized spacial score (nSPS) is 10.9. The van der Waals surface area contributed by atoms with Crippen LogP contribution in [0.2, 0.25) is 0 Å². The van der Waals surface area contributed by atoms with Crippen LogP contribution >= 0.6 is 11.3 Å². The Morgan fingerprint density at radius 1 is 1.16 bits per heavy atom. The van der Waals surface area contributed by atoms with Gasteiger partial charge in [-0.2, -0.15) is 0 Å². The van der Waals surface area contributed by atoms with Crippen molar-refractivity contribution in [2.75, 3.05) is 7.05 Å². The molecular formula is C15H21N3S. The Morgan fingerprint density at radius 3 is 2.42 bits per heavy atom. The van der Waals surface area contributed by atoms with E-state index in [0.717, 1.165) is 35.8 Å². The largest absolute Gasteiger partial charge is 0.315 e. The van der Waals surface area contributed by atoms with Crippen molar-refractivity contribution in [3.63, 3.8) is 0 Å². The fraction of sp³-hybridized carbons (Fsp3) is 0.467. The minimum absolute atomic E-state index is 0.899. The van der Waals surface area contributed by atoms with Crippen LogP contribution in [0, 0.1) is 13.8 Å². The topological polar surface area (TPSA) is 37.8 Å². The van der Waals surface area contributed by atoms with Crippen molar-refractivity contribution in [1.82, 2.24) is 15.3 Å². The van der Waals surface area contributed by atoms with Crippen LogP contribution in [-0.4, -0.2) is 17.0 Å². The maximum atomic E-state index is 4.82. The first-order chi connectivity index (χ1) is 9.13. The van der Waals surface area contributed by atoms with E-state index in [1.54, 1.807) is 11.3 Å². The quantitative estimate of drug-likeness (QED) is 0.907. The number of aryl methyl sites for hydroxylation is 3. The van der Waals surface area contributed by atoms with Crippen LogP contribution in [0.15, 0.2) is 12.1 Å². The summed E-state index contributed by atoms with van der Waals surface area (Å²) in [5, 5.41) is 4.34. The first-order valence-corrected chi connectivity index (χ1v) is 7.54. The Balaban J connectivity index is 2.41. The molecule has 0 unspecified atom stereocenters. The molecule has 0 fully saturated rings. The number of thiazole rings is 1. The molecule has 0 saturated carbocycles. The molecule has 0 radical (unpaired) electrons. The van der Waals surface area contributed by atoms with Gasteiger partial charge in [0.1, 0.15) is 5.01 Å². The van der Waals surface area contributed by atoms with Gasteiger partial charge in [-0.25, -0.2) is 4.98 Å². The first kappa shape index (κ1) is 14.2. The molecule has 0 aliphatic heterocycles. The molecule has 19 heavy (non-hydrogen) atoms. The number of aromatic nitrogens is 2. The average Bonchev–Trinajstić information content (AvgIpc) is 2.72. The van der Waals surface area contributed by atoms with Crippen molar-refractivity contribution < 1.29 is 0 Å². The predicted octanol–water partition coefficient (Wildman–Crippen LogP) is 3.49. The number of nitrogens with one attached hydrogen (secondary N) is 1. The molecule has 0 aliphatic rings. The molecule has 0 bridgehead atoms. The van der Waals surface area contributed by atoms with Gasteiger partial charge in [0.2, 0.25) is 0 Å². The highest BCUT2D eigenvalue weighted by Gasteiger charge is 2.12. The Kier molecular flexibility index (Phi) is 4.66. The molecule has 4 heteroatoms. The maximum absolute atomic E-state index is 4.82. The fourth-order valence-corrected chi connectivity index (χ4v) is 3.30. The summed E-state index contributed by atoms with van der Waals surface area (Å²) in [5.41, 5.74) is 4.54. The molecule has 2 aromatic rings. The maximum Gasteiger partial charge on any atom is 0.124 e. The molecule has 0 atom stereocenters. The second-order valence-corrected chi connectivity index (χ2v) is 5.89. The summed E-state index contributed by atoms with van der Waals surface area (Å²) < 4.78 is 0. The zero-order valence-corrected chi connectivity index (χ0v) is 12.9. The van der Waals surface area contributed by atoms with Crippen LogP contribution in [-0.2, 0) is 13.0 Å². The van der Waals surface area contributed by atoms with Gasteiger partial charge in [-0.15, -0.1) is 11.3 Å². The lowest BCUT2D eigenvalue weighted by Crippen LogP contribution is -2.05. The Morgan fingerprint density at radius 2 is 1.84 bits per heavy atom. The lowest BCUT2D eigenvalue weighted by atomic mass is 10.2. The third kappa shape index (κ3) is 3.39. The highest BCUT2D eigenvalue weighted by atomic mass is 32.1. The molecule has 0 amide bonds. The monoisotopic (exact) mass is 275 g/mol. The summed E-state index contributed by atoms with van der Waals surface area (Å²) in [5.74, 6) is 0. The number of rotatable bonds is 5. The third-order valence-corrected chi connectivity index (χ3v) is 4.08. The van der Waals surface area contributed by atoms with Crippen molar-refractivity contribution in [2.45, 2.75) is 40.2 Å². The van der Waals surface area contributed by atoms with Crippen LogP contribution in [0.25, 0.3) is 10.6 Å². The van der Waals surface area contributed by atoms with Crippen molar-refractivity contribution in [3.05, 3.63) is 34.1 Å². The Labute approximate surface area is 119 Å². The summed E-state index contributed by atoms with van der Waals surface area (Å²) in [6, 6.07) is 4.23. The van der Waals surface area contributed by atoms with Gasteiger partial charge in [0.05, 0.1) is 5.69 Å². The van der Waals surface area contributed by atoms with Gasteiger partial charge >= 0.3 is 0 Å². The molecule has 2 aromatic heterocycles. The molecule has 3 nitrogen and oxygen atoms in total. The van der Waals surface area contributed by atoms with E-state index in [4.69, 9.17) is 4.98 Å². The predicted molar refractivity (Wildman–Crippen MR) is 81.6 cm³/mol. The van der Waals surface area contributed by atoms with Crippen LogP contribution < -0.4 is 5.32 Å². The van der Waals surface area contributed by atoms with E-state index in [0.29, 0.717) is 0 Å². The van der Waals surface area contributed by atoms with Gasteiger partial charge in [-0.05, 0) is 39.4 Å². The molecular weight excluding hydrogens is 254 g/mol. The average molecular weight is 275 g/mol. The Hall–Kier alpha value is -1.26. The third-order valence-electron chi connectivity index (χ3n) is 2.93. The van der Waals surface area contributed by atoms with Gasteiger partial charge in [0.15, 0.2) is 0 Å². The van der Waals surface area contributed by atoms with E-state index in [1.165, 1.54) is 16.1 Å². The lowest BCUT2D eigenvalue weighted by Gasteiger charge is -2.00. The summed E-state index contributed by atoms with van der Waals surface area (Å²) in [7, 11) is 1.98. The molecule has 2 heterocycles. The van der Waals surface area contributed by atoms with Gasteiger partial charge < -0.3 is 5.32 Å². The second-order valence-electron chi connectivity index (χ2n) is 4.81. The van der Waals surface area contributed by atoms with Crippen LogP contribution in [0.3, 0.4) is 0 Å². The van der Waals surface area contributed by atoms with Crippen LogP contribution in [0.1, 0.15) is 35.3 Å². The molecule has 102 valence electrons. The summed E-state index contributed by atoms with van der Waals surface area (Å²) >= 11 is 1.79. The van der Waals surface area contributed by atoms with E-state index < -0.39 is 0 Å². The first-order valence-electron chi connectivity index (χ1n) is 6.73. The SMILES string of the molecule is CCCc1nc(-c2cc(C)nc(C)c2)sc1CNC. The molecule has 0 aromatic carbocycles. The van der Waals surface area contributed by atoms with E-state index in [2.05, 4.69) is 29.4 Å². The Bertz CT molecular complexity index is 517. The van der Waals surface area contributed by atoms with Gasteiger partial charge in [-0.1, -0.05) is 13.3 Å². The molecule has 0 saturated heterocycles. The van der Waals surface area contributed by atoms with E-state index >= 15 is 0 Å². The summed E-state index contributed by atoms with van der Waals surface area (Å²) in [6.45, 7) is 7.16. The minimum atomic E-state index is 0.899. The second kappa shape index (κ2) is 6.26. The summed E-state index contributed by atoms with van der Waals surface area (Å²) in [4.78, 5) is 10.6. The number of nitrogens with zero attached hydrogens (tertiary/aromatic N) is 2. The van der Waals surface area contributed by atoms with Crippen LogP contribution in [0.4, 0.5) is 0 Å². The smallest absolute Gasteiger partial charge is 0.124 e. The van der Waals surface area contributed by atoms with E-state index in [1.807, 2.05) is 20.9 Å². The fourth-order valence-electron chi connectivity index (χ4n) is 2.20. The van der Waals surface area contributed by atoms with Crippen molar-refractivity contribution in [1.29, 1.82) is 0 Å². The highest BCUT2D eigenvalue weighted by molar-refractivity contribution is 7.15.